The van der Waals surface area contributed by atoms with Gasteiger partial charge in [-0.2, -0.15) is 0 Å². The molecule has 3 heteroatoms. The van der Waals surface area contributed by atoms with Crippen molar-refractivity contribution in [2.45, 2.75) is 53.5 Å². The van der Waals surface area contributed by atoms with Gasteiger partial charge < -0.3 is 10.4 Å². The molecule has 2 N–H and O–H groups in total. The quantitative estimate of drug-likeness (QED) is 0.767. The van der Waals surface area contributed by atoms with Crippen LogP contribution in [0.25, 0.3) is 0 Å². The molecule has 1 aromatic carbocycles. The van der Waals surface area contributed by atoms with E-state index in [-0.39, 0.29) is 0 Å². The summed E-state index contributed by atoms with van der Waals surface area (Å²) in [6.07, 6.45) is 2.18. The van der Waals surface area contributed by atoms with Crippen LogP contribution < -0.4 is 5.32 Å². The van der Waals surface area contributed by atoms with Crippen molar-refractivity contribution in [3.05, 3.63) is 29.3 Å². The minimum absolute atomic E-state index is 0.378. The highest BCUT2D eigenvalue weighted by molar-refractivity contribution is 5.91. The van der Waals surface area contributed by atoms with Gasteiger partial charge in [-0.1, -0.05) is 33.8 Å². The van der Waals surface area contributed by atoms with Gasteiger partial charge in [0.2, 0.25) is 0 Å². The average Bonchev–Trinajstić information content (AvgIpc) is 2.29. The summed E-state index contributed by atoms with van der Waals surface area (Å²) in [5.74, 6) is 0.374. The monoisotopic (exact) mass is 277 g/mol. The standard InChI is InChI=1S/C17H27NO2/c1-11(2)9-14(10-12(3)4)18-16-8-6-7-15(13(16)5)17(19)20/h6-8,11-12,14,18H,9-10H2,1-5H3,(H,19,20). The zero-order valence-corrected chi connectivity index (χ0v) is 13.2. The van der Waals surface area contributed by atoms with Gasteiger partial charge in [-0.15, -0.1) is 0 Å². The van der Waals surface area contributed by atoms with E-state index in [9.17, 15) is 9.90 Å². The molecular weight excluding hydrogens is 250 g/mol. The summed E-state index contributed by atoms with van der Waals surface area (Å²) >= 11 is 0. The molecule has 0 aromatic heterocycles. The fraction of sp³-hybridized carbons (Fsp3) is 0.588. The van der Waals surface area contributed by atoms with Crippen LogP contribution in [0.3, 0.4) is 0 Å². The normalized spacial score (nSPS) is 11.4. The molecule has 0 amide bonds. The molecule has 0 spiro atoms. The first-order valence-corrected chi connectivity index (χ1v) is 7.40. The molecule has 0 bridgehead atoms. The van der Waals surface area contributed by atoms with Crippen LogP contribution in [0, 0.1) is 18.8 Å². The van der Waals surface area contributed by atoms with E-state index in [0.29, 0.717) is 23.4 Å². The third-order valence-electron chi connectivity index (χ3n) is 3.44. The van der Waals surface area contributed by atoms with Gasteiger partial charge >= 0.3 is 5.97 Å². The maximum Gasteiger partial charge on any atom is 0.336 e. The molecule has 112 valence electrons. The smallest absolute Gasteiger partial charge is 0.336 e. The maximum absolute atomic E-state index is 11.2. The summed E-state index contributed by atoms with van der Waals surface area (Å²) in [5.41, 5.74) is 2.14. The van der Waals surface area contributed by atoms with Gasteiger partial charge in [0.15, 0.2) is 0 Å². The van der Waals surface area contributed by atoms with Crippen molar-refractivity contribution in [3.63, 3.8) is 0 Å². The van der Waals surface area contributed by atoms with Crippen LogP contribution in [-0.4, -0.2) is 17.1 Å². The zero-order valence-electron chi connectivity index (χ0n) is 13.2. The van der Waals surface area contributed by atoms with Crippen molar-refractivity contribution in [1.29, 1.82) is 0 Å². The summed E-state index contributed by atoms with van der Waals surface area (Å²) in [6, 6.07) is 5.82. The molecular formula is C17H27NO2. The molecule has 20 heavy (non-hydrogen) atoms. The van der Waals surface area contributed by atoms with Crippen LogP contribution in [0.15, 0.2) is 18.2 Å². The van der Waals surface area contributed by atoms with Gasteiger partial charge in [0.05, 0.1) is 5.56 Å². The SMILES string of the molecule is Cc1c(NC(CC(C)C)CC(C)C)cccc1C(=O)O. The van der Waals surface area contributed by atoms with Gasteiger partial charge in [0.1, 0.15) is 0 Å². The Morgan fingerprint density at radius 3 is 2.15 bits per heavy atom. The number of hydrogen-bond donors (Lipinski definition) is 2. The molecule has 1 rings (SSSR count). The lowest BCUT2D eigenvalue weighted by Crippen LogP contribution is -2.24. The number of carboxylic acid groups (broad SMARTS) is 1. The largest absolute Gasteiger partial charge is 0.478 e. The Bertz CT molecular complexity index is 442. The Morgan fingerprint density at radius 1 is 1.15 bits per heavy atom. The number of aromatic carboxylic acids is 1. The lowest BCUT2D eigenvalue weighted by atomic mass is 9.95. The molecule has 0 radical (unpaired) electrons. The summed E-state index contributed by atoms with van der Waals surface area (Å²) in [4.78, 5) is 11.2. The lowest BCUT2D eigenvalue weighted by Gasteiger charge is -2.25. The first kappa shape index (κ1) is 16.5. The van der Waals surface area contributed by atoms with E-state index >= 15 is 0 Å². The number of carboxylic acids is 1. The first-order chi connectivity index (χ1) is 9.31. The highest BCUT2D eigenvalue weighted by Crippen LogP contribution is 2.23. The van der Waals surface area contributed by atoms with Crippen molar-refractivity contribution < 1.29 is 9.90 Å². The Kier molecular flexibility index (Phi) is 6.05. The van der Waals surface area contributed by atoms with Crippen LogP contribution in [-0.2, 0) is 0 Å². The molecule has 0 aliphatic rings. The summed E-state index contributed by atoms with van der Waals surface area (Å²) in [6.45, 7) is 10.7. The van der Waals surface area contributed by atoms with Crippen molar-refractivity contribution in [2.75, 3.05) is 5.32 Å². The molecule has 0 saturated carbocycles. The van der Waals surface area contributed by atoms with Crippen molar-refractivity contribution in [2.24, 2.45) is 11.8 Å². The Balaban J connectivity index is 2.92. The number of benzene rings is 1. The fourth-order valence-electron chi connectivity index (χ4n) is 2.60. The molecule has 1 aromatic rings. The van der Waals surface area contributed by atoms with Gasteiger partial charge in [0.25, 0.3) is 0 Å². The molecule has 0 unspecified atom stereocenters. The van der Waals surface area contributed by atoms with Crippen LogP contribution in [0.1, 0.15) is 56.5 Å². The van der Waals surface area contributed by atoms with E-state index in [1.165, 1.54) is 0 Å². The second-order valence-electron chi connectivity index (χ2n) is 6.38. The molecule has 0 atom stereocenters. The number of hydrogen-bond acceptors (Lipinski definition) is 2. The first-order valence-electron chi connectivity index (χ1n) is 7.40. The third kappa shape index (κ3) is 4.87. The predicted octanol–water partition coefficient (Wildman–Crippen LogP) is 4.57. The van der Waals surface area contributed by atoms with Gasteiger partial charge in [-0.05, 0) is 49.3 Å². The number of carbonyl (C=O) groups is 1. The van der Waals surface area contributed by atoms with Crippen LogP contribution in [0.2, 0.25) is 0 Å². The number of nitrogens with one attached hydrogen (secondary N) is 1. The van der Waals surface area contributed by atoms with Crippen LogP contribution >= 0.6 is 0 Å². The van der Waals surface area contributed by atoms with Crippen molar-refractivity contribution >= 4 is 11.7 Å². The molecule has 0 aliphatic carbocycles. The van der Waals surface area contributed by atoms with Crippen molar-refractivity contribution in [3.8, 4) is 0 Å². The predicted molar refractivity (Wildman–Crippen MR) is 84.5 cm³/mol. The van der Waals surface area contributed by atoms with Crippen molar-refractivity contribution in [1.82, 2.24) is 0 Å². The van der Waals surface area contributed by atoms with E-state index in [1.54, 1.807) is 12.1 Å². The van der Waals surface area contributed by atoms with E-state index in [2.05, 4.69) is 33.0 Å². The second-order valence-corrected chi connectivity index (χ2v) is 6.38. The van der Waals surface area contributed by atoms with Gasteiger partial charge in [-0.25, -0.2) is 4.79 Å². The van der Waals surface area contributed by atoms with Gasteiger partial charge in [-0.3, -0.25) is 0 Å². The highest BCUT2D eigenvalue weighted by Gasteiger charge is 2.16. The van der Waals surface area contributed by atoms with E-state index in [0.717, 1.165) is 24.1 Å². The summed E-state index contributed by atoms with van der Waals surface area (Å²) < 4.78 is 0. The molecule has 0 fully saturated rings. The lowest BCUT2D eigenvalue weighted by molar-refractivity contribution is 0.0696. The molecule has 0 aliphatic heterocycles. The minimum Gasteiger partial charge on any atom is -0.478 e. The van der Waals surface area contributed by atoms with E-state index < -0.39 is 5.97 Å². The highest BCUT2D eigenvalue weighted by atomic mass is 16.4. The number of anilines is 1. The zero-order chi connectivity index (χ0) is 15.3. The van der Waals surface area contributed by atoms with E-state index in [4.69, 9.17) is 0 Å². The minimum atomic E-state index is -0.865. The van der Waals surface area contributed by atoms with E-state index in [1.807, 2.05) is 13.0 Å². The molecule has 3 nitrogen and oxygen atoms in total. The Labute approximate surface area is 122 Å². The maximum atomic E-state index is 11.2. The Hall–Kier alpha value is -1.51. The fourth-order valence-corrected chi connectivity index (χ4v) is 2.60. The third-order valence-corrected chi connectivity index (χ3v) is 3.44. The summed E-state index contributed by atoms with van der Waals surface area (Å²) in [5, 5.41) is 12.7. The Morgan fingerprint density at radius 2 is 1.70 bits per heavy atom. The van der Waals surface area contributed by atoms with Crippen LogP contribution in [0.4, 0.5) is 5.69 Å². The molecule has 0 saturated heterocycles. The number of rotatable bonds is 7. The second kappa shape index (κ2) is 7.32. The van der Waals surface area contributed by atoms with Crippen LogP contribution in [0.5, 0.6) is 0 Å². The topological polar surface area (TPSA) is 49.3 Å². The average molecular weight is 277 g/mol. The molecule has 0 heterocycles. The van der Waals surface area contributed by atoms with Gasteiger partial charge in [0, 0.05) is 11.7 Å². The summed E-state index contributed by atoms with van der Waals surface area (Å²) in [7, 11) is 0.